The minimum Gasteiger partial charge on any atom is -0.376 e. The maximum Gasteiger partial charge on any atom is 0.229 e. The molecule has 10 heteroatoms. The molecule has 1 atom stereocenters. The van der Waals surface area contributed by atoms with Gasteiger partial charge < -0.3 is 25.3 Å². The number of carbonyl (C=O) groups is 1. The van der Waals surface area contributed by atoms with Gasteiger partial charge in [0.25, 0.3) is 0 Å². The number of nitrogens with one attached hydrogen (secondary N) is 3. The highest BCUT2D eigenvalue weighted by Gasteiger charge is 2.55. The number of fused-ring (bicyclic) bond motifs is 2. The van der Waals surface area contributed by atoms with Crippen molar-refractivity contribution in [2.24, 2.45) is 5.41 Å². The Morgan fingerprint density at radius 2 is 1.85 bits per heavy atom. The van der Waals surface area contributed by atoms with Crippen molar-refractivity contribution < 1.29 is 14.1 Å². The van der Waals surface area contributed by atoms with Crippen molar-refractivity contribution in [1.82, 2.24) is 15.3 Å². The number of ether oxygens (including phenoxy) is 1. The van der Waals surface area contributed by atoms with Gasteiger partial charge in [-0.25, -0.2) is 4.98 Å². The number of aromatic nitrogens is 2. The van der Waals surface area contributed by atoms with Gasteiger partial charge >= 0.3 is 0 Å². The van der Waals surface area contributed by atoms with E-state index in [9.17, 15) is 9.36 Å². The standard InChI is InChI=1S/C30H35ClN5O3P/c1-39-27(30-14-22(15-30)33-17-30)20-7-11-25(26(13-20)40(2,3)38)35-28-24(31)16-32-29(36-28)34-21-8-4-18-5-9-23(37)10-6-19(18)12-21/h4,7-8,11-13,16,22,27,33H,5-6,9-10,14-15,17H2,1-3H3,(H2,32,34,35,36). The minimum atomic E-state index is -2.67. The second kappa shape index (κ2) is 10.6. The van der Waals surface area contributed by atoms with Crippen LogP contribution in [0.25, 0.3) is 0 Å². The molecule has 2 aliphatic heterocycles. The van der Waals surface area contributed by atoms with Gasteiger partial charge in [0.05, 0.1) is 18.0 Å². The van der Waals surface area contributed by atoms with Crippen LogP contribution in [0.1, 0.15) is 48.5 Å². The lowest BCUT2D eigenvalue weighted by Crippen LogP contribution is -2.40. The summed E-state index contributed by atoms with van der Waals surface area (Å²) in [5.74, 6) is 1.12. The molecule has 0 spiro atoms. The van der Waals surface area contributed by atoms with Crippen LogP contribution in [-0.4, -0.2) is 48.8 Å². The third kappa shape index (κ3) is 5.30. The highest BCUT2D eigenvalue weighted by atomic mass is 35.5. The van der Waals surface area contributed by atoms with E-state index in [1.54, 1.807) is 26.6 Å². The molecule has 1 saturated carbocycles. The summed E-state index contributed by atoms with van der Waals surface area (Å²) in [6, 6.07) is 12.7. The molecule has 3 N–H and O–H groups in total. The van der Waals surface area contributed by atoms with Crippen molar-refractivity contribution in [2.75, 3.05) is 37.6 Å². The summed E-state index contributed by atoms with van der Waals surface area (Å²) in [6.45, 7) is 4.48. The molecule has 3 fully saturated rings. The Balaban J connectivity index is 1.26. The molecule has 2 bridgehead atoms. The number of anilines is 4. The zero-order valence-electron chi connectivity index (χ0n) is 23.1. The summed E-state index contributed by atoms with van der Waals surface area (Å²) in [6.07, 6.45) is 6.40. The lowest BCUT2D eigenvalue weighted by molar-refractivity contribution is -0.118. The number of Topliss-reactive ketones (excluding diaryl/α,β-unsaturated/α-hetero) is 1. The van der Waals surface area contributed by atoms with Gasteiger partial charge in [-0.2, -0.15) is 4.98 Å². The fourth-order valence-corrected chi connectivity index (χ4v) is 7.80. The first kappa shape index (κ1) is 27.4. The molecule has 40 heavy (non-hydrogen) atoms. The number of benzene rings is 2. The van der Waals surface area contributed by atoms with Crippen LogP contribution in [0.5, 0.6) is 0 Å². The van der Waals surface area contributed by atoms with Crippen LogP contribution in [0.2, 0.25) is 5.02 Å². The van der Waals surface area contributed by atoms with E-state index in [2.05, 4.69) is 38.1 Å². The molecule has 0 radical (unpaired) electrons. The molecule has 3 aromatic rings. The number of hydrogen-bond acceptors (Lipinski definition) is 8. The smallest absolute Gasteiger partial charge is 0.229 e. The summed E-state index contributed by atoms with van der Waals surface area (Å²) in [4.78, 5) is 20.9. The maximum atomic E-state index is 13.5. The Morgan fingerprint density at radius 3 is 2.55 bits per heavy atom. The van der Waals surface area contributed by atoms with E-state index in [0.717, 1.165) is 48.8 Å². The van der Waals surface area contributed by atoms with Crippen LogP contribution in [0.15, 0.2) is 42.6 Å². The molecule has 1 unspecified atom stereocenters. The summed E-state index contributed by atoms with van der Waals surface area (Å²) < 4.78 is 19.5. The van der Waals surface area contributed by atoms with Gasteiger partial charge in [0.1, 0.15) is 17.9 Å². The van der Waals surface area contributed by atoms with Crippen molar-refractivity contribution in [3.63, 3.8) is 0 Å². The lowest BCUT2D eigenvalue weighted by atomic mass is 9.65. The molecule has 1 aromatic heterocycles. The van der Waals surface area contributed by atoms with Crippen molar-refractivity contribution >= 4 is 53.0 Å². The lowest BCUT2D eigenvalue weighted by Gasteiger charge is -2.43. The van der Waals surface area contributed by atoms with Gasteiger partial charge in [-0.3, -0.25) is 4.79 Å². The predicted octanol–water partition coefficient (Wildman–Crippen LogP) is 5.75. The van der Waals surface area contributed by atoms with Crippen molar-refractivity contribution in [1.29, 1.82) is 0 Å². The maximum absolute atomic E-state index is 13.5. The molecule has 210 valence electrons. The Bertz CT molecular complexity index is 1510. The van der Waals surface area contributed by atoms with Crippen LogP contribution < -0.4 is 21.3 Å². The van der Waals surface area contributed by atoms with E-state index in [1.165, 1.54) is 11.1 Å². The van der Waals surface area contributed by atoms with Crippen LogP contribution in [0, 0.1) is 5.41 Å². The van der Waals surface area contributed by atoms with Gasteiger partial charge in [-0.1, -0.05) is 23.7 Å². The third-order valence-corrected chi connectivity index (χ3v) is 10.4. The van der Waals surface area contributed by atoms with Crippen molar-refractivity contribution in [2.45, 2.75) is 50.7 Å². The second-order valence-corrected chi connectivity index (χ2v) is 15.3. The topological polar surface area (TPSA) is 105 Å². The van der Waals surface area contributed by atoms with E-state index in [1.807, 2.05) is 24.3 Å². The number of rotatable bonds is 8. The Kier molecular flexibility index (Phi) is 7.24. The number of methoxy groups -OCH3 is 1. The number of halogens is 1. The van der Waals surface area contributed by atoms with Crippen LogP contribution >= 0.6 is 18.7 Å². The van der Waals surface area contributed by atoms with E-state index in [4.69, 9.17) is 16.3 Å². The van der Waals surface area contributed by atoms with E-state index < -0.39 is 7.14 Å². The third-order valence-electron chi connectivity index (χ3n) is 8.55. The first-order valence-electron chi connectivity index (χ1n) is 13.8. The number of ketones is 1. The normalized spacial score (nSPS) is 22.7. The summed E-state index contributed by atoms with van der Waals surface area (Å²) in [5.41, 5.74) is 5.07. The fourth-order valence-electron chi connectivity index (χ4n) is 6.49. The summed E-state index contributed by atoms with van der Waals surface area (Å²) in [7, 11) is -0.914. The number of carbonyl (C=O) groups excluding carboxylic acids is 1. The highest BCUT2D eigenvalue weighted by molar-refractivity contribution is 7.70. The number of hydrogen-bond donors (Lipinski definition) is 3. The van der Waals surface area contributed by atoms with Crippen molar-refractivity contribution in [3.05, 3.63) is 64.3 Å². The van der Waals surface area contributed by atoms with E-state index in [-0.39, 0.29) is 11.5 Å². The average molecular weight is 580 g/mol. The van der Waals surface area contributed by atoms with Gasteiger partial charge in [0.15, 0.2) is 5.82 Å². The van der Waals surface area contributed by atoms with Crippen LogP contribution in [-0.2, 0) is 26.9 Å². The van der Waals surface area contributed by atoms with Crippen LogP contribution in [0.4, 0.5) is 23.1 Å². The summed E-state index contributed by atoms with van der Waals surface area (Å²) in [5, 5.41) is 11.2. The van der Waals surface area contributed by atoms with Gasteiger partial charge in [0.2, 0.25) is 5.95 Å². The minimum absolute atomic E-state index is 0.0597. The van der Waals surface area contributed by atoms with Gasteiger partial charge in [-0.05, 0) is 80.0 Å². The molecule has 7 rings (SSSR count). The molecular weight excluding hydrogens is 545 g/mol. The predicted molar refractivity (Wildman–Crippen MR) is 160 cm³/mol. The van der Waals surface area contributed by atoms with Crippen LogP contribution in [0.3, 0.4) is 0 Å². The zero-order valence-corrected chi connectivity index (χ0v) is 24.7. The largest absolute Gasteiger partial charge is 0.376 e. The van der Waals surface area contributed by atoms with Gasteiger partial charge in [-0.15, -0.1) is 0 Å². The summed E-state index contributed by atoms with van der Waals surface area (Å²) >= 11 is 6.51. The highest BCUT2D eigenvalue weighted by Crippen LogP contribution is 2.56. The molecule has 0 amide bonds. The zero-order chi connectivity index (χ0) is 28.1. The molecule has 3 heterocycles. The van der Waals surface area contributed by atoms with E-state index in [0.29, 0.717) is 47.1 Å². The fraction of sp³-hybridized carbons (Fsp3) is 0.433. The Hall–Kier alpha value is -2.77. The number of nitrogens with zero attached hydrogens (tertiary/aromatic N) is 2. The molecular formula is C30H35ClN5O3P. The van der Waals surface area contributed by atoms with Gasteiger partial charge in [0, 0.05) is 48.9 Å². The molecule has 2 saturated heterocycles. The molecule has 4 aliphatic rings. The SMILES string of the molecule is COC(c1ccc(Nc2nc(Nc3ccc4c(c3)CCC(=O)CC4)ncc2Cl)c(P(C)(C)=O)c1)C12CNC(C1)C2. The monoisotopic (exact) mass is 579 g/mol. The average Bonchev–Trinajstić information content (AvgIpc) is 3.46. The molecule has 2 aromatic carbocycles. The van der Waals surface area contributed by atoms with Crippen molar-refractivity contribution in [3.8, 4) is 0 Å². The Morgan fingerprint density at radius 1 is 1.07 bits per heavy atom. The molecule has 2 aliphatic carbocycles. The van der Waals surface area contributed by atoms with E-state index >= 15 is 0 Å². The number of aryl methyl sites for hydroxylation is 2. The first-order valence-corrected chi connectivity index (χ1v) is 16.8. The molecule has 8 nitrogen and oxygen atoms in total. The quantitative estimate of drug-likeness (QED) is 0.229. The first-order chi connectivity index (χ1) is 19.1. The Labute approximate surface area is 240 Å². The second-order valence-electron chi connectivity index (χ2n) is 11.8.